The summed E-state index contributed by atoms with van der Waals surface area (Å²) in [4.78, 5) is 11.0. The van der Waals surface area contributed by atoms with Gasteiger partial charge in [-0.25, -0.2) is 4.39 Å². The molecule has 0 spiro atoms. The Hall–Kier alpha value is -1.18. The average molecular weight is 322 g/mol. The number of carbonyl (C=O) groups excluding carboxylic acids is 1. The Morgan fingerprint density at radius 1 is 1.50 bits per heavy atom. The van der Waals surface area contributed by atoms with Crippen molar-refractivity contribution in [2.24, 2.45) is 0 Å². The summed E-state index contributed by atoms with van der Waals surface area (Å²) in [6.45, 7) is -0.546. The predicted molar refractivity (Wildman–Crippen MR) is 64.9 cm³/mol. The molecule has 100 valence electrons. The van der Waals surface area contributed by atoms with E-state index in [4.69, 9.17) is 4.74 Å². The van der Waals surface area contributed by atoms with Crippen molar-refractivity contribution in [3.05, 3.63) is 28.0 Å². The SMILES string of the molecule is COC(=O)CN(O)Cc1c(F)ccc(Br)c1OC. The Bertz CT molecular complexity index is 441. The van der Waals surface area contributed by atoms with Crippen molar-refractivity contribution in [2.75, 3.05) is 20.8 Å². The van der Waals surface area contributed by atoms with Crippen molar-refractivity contribution in [3.63, 3.8) is 0 Å². The van der Waals surface area contributed by atoms with Crippen LogP contribution in [0.1, 0.15) is 5.56 Å². The van der Waals surface area contributed by atoms with Crippen LogP contribution in [0.3, 0.4) is 0 Å². The van der Waals surface area contributed by atoms with Gasteiger partial charge in [-0.1, -0.05) is 0 Å². The Morgan fingerprint density at radius 2 is 2.17 bits per heavy atom. The lowest BCUT2D eigenvalue weighted by atomic mass is 10.2. The van der Waals surface area contributed by atoms with Crippen molar-refractivity contribution in [1.29, 1.82) is 0 Å². The number of benzene rings is 1. The van der Waals surface area contributed by atoms with Crippen LogP contribution in [0.4, 0.5) is 4.39 Å². The first-order valence-electron chi connectivity index (χ1n) is 5.01. The Morgan fingerprint density at radius 3 is 2.72 bits per heavy atom. The summed E-state index contributed by atoms with van der Waals surface area (Å²) < 4.78 is 23.6. The molecule has 0 aromatic heterocycles. The number of esters is 1. The van der Waals surface area contributed by atoms with E-state index in [0.717, 1.165) is 0 Å². The first-order chi connectivity index (χ1) is 8.49. The molecule has 1 aromatic carbocycles. The van der Waals surface area contributed by atoms with Gasteiger partial charge in [-0.2, -0.15) is 5.06 Å². The molecule has 1 N–H and O–H groups in total. The molecule has 0 atom stereocenters. The summed E-state index contributed by atoms with van der Waals surface area (Å²) in [5.74, 6) is -0.871. The zero-order valence-electron chi connectivity index (χ0n) is 9.94. The lowest BCUT2D eigenvalue weighted by molar-refractivity contribution is -0.158. The molecule has 1 rings (SSSR count). The molecule has 0 bridgehead atoms. The minimum Gasteiger partial charge on any atom is -0.495 e. The fourth-order valence-corrected chi connectivity index (χ4v) is 1.93. The Labute approximate surface area is 112 Å². The van der Waals surface area contributed by atoms with Crippen LogP contribution in [-0.4, -0.2) is 37.0 Å². The number of nitrogens with zero attached hydrogens (tertiary/aromatic N) is 1. The highest BCUT2D eigenvalue weighted by atomic mass is 79.9. The number of carbonyl (C=O) groups is 1. The van der Waals surface area contributed by atoms with E-state index in [9.17, 15) is 14.4 Å². The van der Waals surface area contributed by atoms with Crippen LogP contribution in [0.5, 0.6) is 5.75 Å². The van der Waals surface area contributed by atoms with Gasteiger partial charge in [0.05, 0.1) is 25.2 Å². The fraction of sp³-hybridized carbons (Fsp3) is 0.364. The molecule has 0 aliphatic heterocycles. The summed E-state index contributed by atoms with van der Waals surface area (Å²) in [5.41, 5.74) is 0.151. The maximum Gasteiger partial charge on any atom is 0.322 e. The quantitative estimate of drug-likeness (QED) is 0.663. The first-order valence-corrected chi connectivity index (χ1v) is 5.80. The van der Waals surface area contributed by atoms with Crippen LogP contribution < -0.4 is 4.74 Å². The maximum atomic E-state index is 13.6. The molecule has 0 saturated heterocycles. The summed E-state index contributed by atoms with van der Waals surface area (Å²) in [6, 6.07) is 2.74. The standard InChI is InChI=1S/C11H13BrFNO4/c1-17-10(15)6-14(16)5-7-9(13)4-3-8(12)11(7)18-2/h3-4,16H,5-6H2,1-2H3. The van der Waals surface area contributed by atoms with Crippen molar-refractivity contribution in [3.8, 4) is 5.75 Å². The van der Waals surface area contributed by atoms with Crippen molar-refractivity contribution < 1.29 is 23.9 Å². The van der Waals surface area contributed by atoms with Gasteiger partial charge in [-0.3, -0.25) is 4.79 Å². The molecule has 0 saturated carbocycles. The van der Waals surface area contributed by atoms with Crippen LogP contribution in [0, 0.1) is 5.82 Å². The van der Waals surface area contributed by atoms with E-state index in [1.807, 2.05) is 0 Å². The highest BCUT2D eigenvalue weighted by Crippen LogP contribution is 2.31. The topological polar surface area (TPSA) is 59.0 Å². The van der Waals surface area contributed by atoms with Crippen LogP contribution >= 0.6 is 15.9 Å². The number of hydroxylamine groups is 2. The van der Waals surface area contributed by atoms with E-state index < -0.39 is 11.8 Å². The molecule has 0 fully saturated rings. The van der Waals surface area contributed by atoms with Crippen LogP contribution in [-0.2, 0) is 16.1 Å². The van der Waals surface area contributed by atoms with Gasteiger partial charge in [0, 0.05) is 5.56 Å². The molecule has 5 nitrogen and oxygen atoms in total. The summed E-state index contributed by atoms with van der Waals surface area (Å²) >= 11 is 3.21. The van der Waals surface area contributed by atoms with E-state index in [1.54, 1.807) is 0 Å². The number of halogens is 2. The van der Waals surface area contributed by atoms with E-state index in [-0.39, 0.29) is 24.4 Å². The molecule has 0 heterocycles. The average Bonchev–Trinajstić information content (AvgIpc) is 2.34. The lowest BCUT2D eigenvalue weighted by Gasteiger charge is -2.16. The zero-order valence-corrected chi connectivity index (χ0v) is 11.5. The third-order valence-corrected chi connectivity index (χ3v) is 2.86. The predicted octanol–water partition coefficient (Wildman–Crippen LogP) is 1.96. The molecular formula is C11H13BrFNO4. The van der Waals surface area contributed by atoms with E-state index in [0.29, 0.717) is 9.54 Å². The molecular weight excluding hydrogens is 309 g/mol. The normalized spacial score (nSPS) is 10.6. The highest BCUT2D eigenvalue weighted by Gasteiger charge is 2.17. The van der Waals surface area contributed by atoms with Gasteiger partial charge in [-0.15, -0.1) is 0 Å². The van der Waals surface area contributed by atoms with Gasteiger partial charge in [0.2, 0.25) is 0 Å². The number of methoxy groups -OCH3 is 2. The summed E-state index contributed by atoms with van der Waals surface area (Å²) in [6.07, 6.45) is 0. The highest BCUT2D eigenvalue weighted by molar-refractivity contribution is 9.10. The third-order valence-electron chi connectivity index (χ3n) is 2.24. The zero-order chi connectivity index (χ0) is 13.7. The molecule has 1 aromatic rings. The number of hydrogen-bond acceptors (Lipinski definition) is 5. The number of hydrogen-bond donors (Lipinski definition) is 1. The first kappa shape index (κ1) is 14.9. The van der Waals surface area contributed by atoms with E-state index >= 15 is 0 Å². The van der Waals surface area contributed by atoms with Gasteiger partial charge in [0.1, 0.15) is 18.1 Å². The third kappa shape index (κ3) is 3.66. The number of ether oxygens (including phenoxy) is 2. The summed E-state index contributed by atoms with van der Waals surface area (Å²) in [7, 11) is 2.60. The van der Waals surface area contributed by atoms with E-state index in [2.05, 4.69) is 20.7 Å². The van der Waals surface area contributed by atoms with Gasteiger partial charge in [-0.05, 0) is 28.1 Å². The molecule has 0 radical (unpaired) electrons. The molecule has 7 heteroatoms. The maximum absolute atomic E-state index is 13.6. The van der Waals surface area contributed by atoms with Crippen LogP contribution in [0.2, 0.25) is 0 Å². The second kappa shape index (κ2) is 6.67. The van der Waals surface area contributed by atoms with E-state index in [1.165, 1.54) is 26.4 Å². The minimum absolute atomic E-state index is 0.151. The summed E-state index contributed by atoms with van der Waals surface area (Å²) in [5, 5.41) is 10.2. The Balaban J connectivity index is 2.89. The smallest absolute Gasteiger partial charge is 0.322 e. The van der Waals surface area contributed by atoms with Gasteiger partial charge in [0.15, 0.2) is 0 Å². The van der Waals surface area contributed by atoms with Gasteiger partial charge >= 0.3 is 5.97 Å². The second-order valence-electron chi connectivity index (χ2n) is 3.44. The second-order valence-corrected chi connectivity index (χ2v) is 4.29. The Kier molecular flexibility index (Phi) is 5.52. The van der Waals surface area contributed by atoms with Crippen LogP contribution in [0.25, 0.3) is 0 Å². The number of rotatable bonds is 5. The van der Waals surface area contributed by atoms with Crippen molar-refractivity contribution in [2.45, 2.75) is 6.54 Å². The minimum atomic E-state index is -0.619. The van der Waals surface area contributed by atoms with Gasteiger partial charge in [0.25, 0.3) is 0 Å². The van der Waals surface area contributed by atoms with Crippen LogP contribution in [0.15, 0.2) is 16.6 Å². The largest absolute Gasteiger partial charge is 0.495 e. The van der Waals surface area contributed by atoms with Gasteiger partial charge < -0.3 is 14.7 Å². The lowest BCUT2D eigenvalue weighted by Crippen LogP contribution is -2.27. The molecule has 0 aliphatic rings. The molecule has 0 unspecified atom stereocenters. The molecule has 0 aliphatic carbocycles. The molecule has 0 amide bonds. The van der Waals surface area contributed by atoms with Crippen molar-refractivity contribution in [1.82, 2.24) is 5.06 Å². The monoisotopic (exact) mass is 321 g/mol. The van der Waals surface area contributed by atoms with Crippen molar-refractivity contribution >= 4 is 21.9 Å². The molecule has 18 heavy (non-hydrogen) atoms. The fourth-order valence-electron chi connectivity index (χ4n) is 1.40.